The molecule has 2 amide bonds. The van der Waals surface area contributed by atoms with Crippen LogP contribution in [-0.2, 0) is 14.3 Å². The molecular weight excluding hydrogens is 538 g/mol. The molecule has 2 N–H and O–H groups in total. The van der Waals surface area contributed by atoms with Crippen LogP contribution < -0.4 is 10.6 Å². The van der Waals surface area contributed by atoms with Gasteiger partial charge in [-0.05, 0) is 49.4 Å². The van der Waals surface area contributed by atoms with Crippen molar-refractivity contribution < 1.29 is 19.1 Å². The third-order valence-corrected chi connectivity index (χ3v) is 10.6. The third-order valence-electron chi connectivity index (χ3n) is 9.71. The van der Waals surface area contributed by atoms with Crippen molar-refractivity contribution in [3.8, 4) is 11.3 Å². The van der Waals surface area contributed by atoms with Crippen molar-refractivity contribution in [2.24, 2.45) is 23.5 Å². The summed E-state index contributed by atoms with van der Waals surface area (Å²) >= 11 is 1.62. The number of hydrogen-bond donors (Lipinski definition) is 1. The van der Waals surface area contributed by atoms with Gasteiger partial charge in [-0.1, -0.05) is 32.8 Å². The number of primary amides is 1. The highest BCUT2D eigenvalue weighted by molar-refractivity contribution is 7.14. The van der Waals surface area contributed by atoms with Crippen LogP contribution in [0.1, 0.15) is 61.4 Å². The van der Waals surface area contributed by atoms with Crippen LogP contribution in [0.25, 0.3) is 11.3 Å². The number of anilines is 1. The molecule has 6 rings (SSSR count). The van der Waals surface area contributed by atoms with Crippen molar-refractivity contribution in [3.05, 3.63) is 34.7 Å². The van der Waals surface area contributed by atoms with Crippen LogP contribution in [0.2, 0.25) is 0 Å². The first-order valence-electron chi connectivity index (χ1n) is 15.0. The molecule has 1 saturated carbocycles. The Morgan fingerprint density at radius 3 is 2.54 bits per heavy atom. The lowest BCUT2D eigenvalue weighted by molar-refractivity contribution is -0.138. The summed E-state index contributed by atoms with van der Waals surface area (Å²) < 4.78 is 5.92. The summed E-state index contributed by atoms with van der Waals surface area (Å²) in [4.78, 5) is 51.7. The van der Waals surface area contributed by atoms with Crippen LogP contribution in [0.15, 0.2) is 23.6 Å². The van der Waals surface area contributed by atoms with E-state index in [4.69, 9.17) is 15.5 Å². The van der Waals surface area contributed by atoms with Crippen molar-refractivity contribution in [3.63, 3.8) is 0 Å². The molecule has 3 aliphatic heterocycles. The van der Waals surface area contributed by atoms with Gasteiger partial charge in [0.15, 0.2) is 10.9 Å². The zero-order valence-electron chi connectivity index (χ0n) is 24.3. The number of likely N-dealkylation sites (tertiary alicyclic amines) is 1. The maximum atomic E-state index is 14.6. The standard InChI is InChI=1S/C31H41N5O4S/c1-18(2)23-15-36(27-25(37)16-40-28(23)27)30(39)26(19-6-4-5-7-19)22-14-20(8-9-21(22)29(32)38)24-17-41-31(33-24)35-12-10-34(3)11-13-35/h8-9,14,17-19,23,26-28H,4-7,10-13,15-16H2,1-3H3,(H2,32,38)/t23-,26+,27-,28-/m1/s1. The minimum absolute atomic E-state index is 0.0283. The number of nitrogens with zero attached hydrogens (tertiary/aromatic N) is 4. The van der Waals surface area contributed by atoms with Crippen molar-refractivity contribution >= 4 is 34.1 Å². The molecule has 0 radical (unpaired) electrons. The monoisotopic (exact) mass is 579 g/mol. The SMILES string of the molecule is CC(C)[C@H]1CN(C(=O)[C@H](c2cc(-c3csc(N4CCN(C)CC4)n3)ccc2C(N)=O)C2CCCC2)[C@@H]2C(=O)CO[C@H]12. The van der Waals surface area contributed by atoms with Gasteiger partial charge in [-0.25, -0.2) is 4.98 Å². The van der Waals surface area contributed by atoms with Crippen LogP contribution in [0.3, 0.4) is 0 Å². The molecular formula is C31H41N5O4S. The zero-order chi connectivity index (χ0) is 28.8. The van der Waals surface area contributed by atoms with E-state index in [1.54, 1.807) is 22.3 Å². The first-order valence-corrected chi connectivity index (χ1v) is 15.9. The lowest BCUT2D eigenvalue weighted by atomic mass is 9.80. The Morgan fingerprint density at radius 2 is 1.85 bits per heavy atom. The molecule has 41 heavy (non-hydrogen) atoms. The quantitative estimate of drug-likeness (QED) is 0.536. The highest BCUT2D eigenvalue weighted by Gasteiger charge is 2.54. The Kier molecular flexibility index (Phi) is 7.91. The normalized spacial score (nSPS) is 26.2. The fraction of sp³-hybridized carbons (Fsp3) is 0.613. The van der Waals surface area contributed by atoms with E-state index >= 15 is 0 Å². The van der Waals surface area contributed by atoms with Crippen molar-refractivity contribution in [1.82, 2.24) is 14.8 Å². The van der Waals surface area contributed by atoms with E-state index in [9.17, 15) is 14.4 Å². The molecule has 10 heteroatoms. The molecule has 220 valence electrons. The molecule has 1 aromatic carbocycles. The number of piperazine rings is 1. The summed E-state index contributed by atoms with van der Waals surface area (Å²) in [6, 6.07) is 5.05. The maximum Gasteiger partial charge on any atom is 0.249 e. The molecule has 4 heterocycles. The highest BCUT2D eigenvalue weighted by Crippen LogP contribution is 2.44. The van der Waals surface area contributed by atoms with E-state index in [0.29, 0.717) is 17.7 Å². The van der Waals surface area contributed by atoms with Gasteiger partial charge in [-0.15, -0.1) is 11.3 Å². The number of nitrogens with two attached hydrogens (primary N) is 1. The van der Waals surface area contributed by atoms with E-state index < -0.39 is 17.9 Å². The molecule has 0 unspecified atom stereocenters. The van der Waals surface area contributed by atoms with Crippen LogP contribution in [-0.4, -0.2) is 90.9 Å². The topological polar surface area (TPSA) is 109 Å². The summed E-state index contributed by atoms with van der Waals surface area (Å²) in [6.07, 6.45) is 3.64. The lowest BCUT2D eigenvalue weighted by Crippen LogP contribution is -2.45. The Bertz CT molecular complexity index is 1310. The number of thiazole rings is 1. The second-order valence-electron chi connectivity index (χ2n) is 12.6. The number of amides is 2. The van der Waals surface area contributed by atoms with Gasteiger partial charge in [0.1, 0.15) is 12.6 Å². The smallest absolute Gasteiger partial charge is 0.249 e. The molecule has 3 saturated heterocycles. The fourth-order valence-electron chi connectivity index (χ4n) is 7.31. The Hall–Kier alpha value is -2.82. The van der Waals surface area contributed by atoms with Gasteiger partial charge in [0.2, 0.25) is 11.8 Å². The van der Waals surface area contributed by atoms with Crippen molar-refractivity contribution in [1.29, 1.82) is 0 Å². The van der Waals surface area contributed by atoms with Gasteiger partial charge in [0.25, 0.3) is 0 Å². The lowest BCUT2D eigenvalue weighted by Gasteiger charge is -2.32. The largest absolute Gasteiger partial charge is 0.367 e. The van der Waals surface area contributed by atoms with Gasteiger partial charge >= 0.3 is 0 Å². The predicted octanol–water partition coefficient (Wildman–Crippen LogP) is 3.39. The number of aromatic nitrogens is 1. The molecule has 9 nitrogen and oxygen atoms in total. The minimum atomic E-state index is -0.552. The number of ether oxygens (including phenoxy) is 1. The molecule has 0 spiro atoms. The predicted molar refractivity (Wildman–Crippen MR) is 159 cm³/mol. The van der Waals surface area contributed by atoms with Gasteiger partial charge in [-0.2, -0.15) is 0 Å². The zero-order valence-corrected chi connectivity index (χ0v) is 25.1. The van der Waals surface area contributed by atoms with Crippen LogP contribution in [0.4, 0.5) is 5.13 Å². The number of Topliss-reactive ketones (excluding diaryl/α,β-unsaturated/α-hetero) is 1. The summed E-state index contributed by atoms with van der Waals surface area (Å²) in [6.45, 7) is 8.66. The highest BCUT2D eigenvalue weighted by atomic mass is 32.1. The van der Waals surface area contributed by atoms with E-state index in [2.05, 4.69) is 36.1 Å². The molecule has 0 bridgehead atoms. The molecule has 2 aromatic rings. The van der Waals surface area contributed by atoms with Gasteiger partial charge in [-0.3, -0.25) is 14.4 Å². The molecule has 1 aliphatic carbocycles. The van der Waals surface area contributed by atoms with Gasteiger partial charge < -0.3 is 25.2 Å². The van der Waals surface area contributed by atoms with Crippen LogP contribution in [0, 0.1) is 17.8 Å². The number of carbonyl (C=O) groups is 3. The number of carbonyl (C=O) groups excluding carboxylic acids is 3. The number of ketones is 1. The van der Waals surface area contributed by atoms with E-state index in [1.807, 2.05) is 12.1 Å². The summed E-state index contributed by atoms with van der Waals surface area (Å²) in [5.41, 5.74) is 8.66. The summed E-state index contributed by atoms with van der Waals surface area (Å²) in [5.74, 6) is -0.732. The number of fused-ring (bicyclic) bond motifs is 1. The second kappa shape index (κ2) is 11.5. The number of rotatable bonds is 7. The van der Waals surface area contributed by atoms with Crippen molar-refractivity contribution in [2.75, 3.05) is 51.3 Å². The summed E-state index contributed by atoms with van der Waals surface area (Å²) in [7, 11) is 2.13. The van der Waals surface area contributed by atoms with Crippen molar-refractivity contribution in [2.45, 2.75) is 57.6 Å². The number of benzene rings is 1. The molecule has 4 fully saturated rings. The van der Waals surface area contributed by atoms with Crippen LogP contribution >= 0.6 is 11.3 Å². The van der Waals surface area contributed by atoms with E-state index in [-0.39, 0.29) is 42.2 Å². The summed E-state index contributed by atoms with van der Waals surface area (Å²) in [5, 5.41) is 3.04. The Morgan fingerprint density at radius 1 is 1.12 bits per heavy atom. The average molecular weight is 580 g/mol. The van der Waals surface area contributed by atoms with Gasteiger partial charge in [0, 0.05) is 55.1 Å². The average Bonchev–Trinajstić information content (AvgIpc) is 3.75. The van der Waals surface area contributed by atoms with E-state index in [1.165, 1.54) is 0 Å². The van der Waals surface area contributed by atoms with Gasteiger partial charge in [0.05, 0.1) is 17.7 Å². The number of likely N-dealkylation sites (N-methyl/N-ethyl adjacent to an activating group) is 1. The Labute approximate surface area is 246 Å². The minimum Gasteiger partial charge on any atom is -0.367 e. The fourth-order valence-corrected chi connectivity index (χ4v) is 8.20. The first-order chi connectivity index (χ1) is 19.7. The first kappa shape index (κ1) is 28.3. The third kappa shape index (κ3) is 5.30. The maximum absolute atomic E-state index is 14.6. The Balaban J connectivity index is 1.37. The second-order valence-corrected chi connectivity index (χ2v) is 13.4. The van der Waals surface area contributed by atoms with Crippen LogP contribution in [0.5, 0.6) is 0 Å². The molecule has 1 aromatic heterocycles. The van der Waals surface area contributed by atoms with E-state index in [0.717, 1.165) is 68.3 Å². The molecule has 4 aliphatic rings. The molecule has 4 atom stereocenters. The number of hydrogen-bond acceptors (Lipinski definition) is 8.